The van der Waals surface area contributed by atoms with E-state index in [1.165, 1.54) is 0 Å². The molecule has 1 aromatic rings. The fourth-order valence-electron chi connectivity index (χ4n) is 1.36. The Labute approximate surface area is 91.5 Å². The van der Waals surface area contributed by atoms with Gasteiger partial charge < -0.3 is 0 Å². The van der Waals surface area contributed by atoms with Crippen LogP contribution in [0.3, 0.4) is 0 Å². The number of amides is 2. The quantitative estimate of drug-likeness (QED) is 0.633. The van der Waals surface area contributed by atoms with Crippen molar-refractivity contribution < 1.29 is 9.59 Å². The highest BCUT2D eigenvalue weighted by Gasteiger charge is 2.25. The summed E-state index contributed by atoms with van der Waals surface area (Å²) in [7, 11) is 0. The molecule has 1 aromatic heterocycles. The molecule has 1 atom stereocenters. The molecule has 2 amide bonds. The highest BCUT2D eigenvalue weighted by molar-refractivity contribution is 6.45. The van der Waals surface area contributed by atoms with Crippen molar-refractivity contribution in [1.82, 2.24) is 20.4 Å². The van der Waals surface area contributed by atoms with Crippen molar-refractivity contribution in [2.45, 2.75) is 19.5 Å². The average Bonchev–Trinajstić information content (AvgIpc) is 2.78. The first kappa shape index (κ1) is 10.3. The van der Waals surface area contributed by atoms with Crippen LogP contribution >= 0.6 is 0 Å². The van der Waals surface area contributed by atoms with E-state index in [1.54, 1.807) is 10.9 Å². The minimum Gasteiger partial charge on any atom is -0.288 e. The van der Waals surface area contributed by atoms with Crippen molar-refractivity contribution >= 4 is 17.8 Å². The second-order valence-corrected chi connectivity index (χ2v) is 3.46. The topological polar surface area (TPSA) is 88.4 Å². The van der Waals surface area contributed by atoms with E-state index in [0.29, 0.717) is 6.54 Å². The van der Waals surface area contributed by atoms with Gasteiger partial charge >= 0.3 is 11.8 Å². The van der Waals surface area contributed by atoms with Crippen molar-refractivity contribution in [2.75, 3.05) is 0 Å². The van der Waals surface area contributed by atoms with Crippen LogP contribution in [-0.2, 0) is 16.1 Å². The maximum atomic E-state index is 10.9. The van der Waals surface area contributed by atoms with Crippen LogP contribution < -0.4 is 10.6 Å². The van der Waals surface area contributed by atoms with E-state index >= 15 is 0 Å². The molecule has 0 bridgehead atoms. The van der Waals surface area contributed by atoms with Gasteiger partial charge in [-0.3, -0.25) is 24.9 Å². The van der Waals surface area contributed by atoms with E-state index in [2.05, 4.69) is 20.7 Å². The fourth-order valence-corrected chi connectivity index (χ4v) is 1.36. The molecule has 0 spiro atoms. The van der Waals surface area contributed by atoms with Gasteiger partial charge in [0.1, 0.15) is 0 Å². The molecule has 1 aliphatic heterocycles. The summed E-state index contributed by atoms with van der Waals surface area (Å²) in [5.41, 5.74) is 0. The average molecular weight is 221 g/mol. The van der Waals surface area contributed by atoms with Gasteiger partial charge in [-0.05, 0) is 13.0 Å². The molecule has 0 saturated carbocycles. The minimum absolute atomic E-state index is 0.0893. The zero-order valence-corrected chi connectivity index (χ0v) is 8.67. The van der Waals surface area contributed by atoms with Crippen LogP contribution in [0, 0.1) is 0 Å². The lowest BCUT2D eigenvalue weighted by molar-refractivity contribution is -0.135. The molecule has 0 aromatic carbocycles. The zero-order chi connectivity index (χ0) is 11.5. The molecule has 2 N–H and O–H groups in total. The number of nitrogens with zero attached hydrogens (tertiary/aromatic N) is 3. The molecule has 1 unspecified atom stereocenters. The van der Waals surface area contributed by atoms with Crippen LogP contribution in [0.25, 0.3) is 0 Å². The highest BCUT2D eigenvalue weighted by Crippen LogP contribution is 1.96. The molecule has 1 saturated heterocycles. The number of carbonyl (C=O) groups excluding carboxylic acids is 2. The minimum atomic E-state index is -0.676. The van der Waals surface area contributed by atoms with Crippen LogP contribution in [-0.4, -0.2) is 33.6 Å². The predicted octanol–water partition coefficient (Wildman–Crippen LogP) is -1.13. The summed E-state index contributed by atoms with van der Waals surface area (Å²) in [6.45, 7) is 2.45. The molecule has 7 heteroatoms. The number of nitrogens with one attached hydrogen (secondary N) is 2. The zero-order valence-electron chi connectivity index (χ0n) is 8.67. The molecule has 1 aliphatic rings. The second-order valence-electron chi connectivity index (χ2n) is 3.46. The monoisotopic (exact) mass is 221 g/mol. The molecule has 2 rings (SSSR count). The number of hydrogen-bond acceptors (Lipinski definition) is 4. The summed E-state index contributed by atoms with van der Waals surface area (Å²) in [5, 5.41) is 8.70. The van der Waals surface area contributed by atoms with Crippen LogP contribution in [0.1, 0.15) is 6.92 Å². The van der Waals surface area contributed by atoms with Gasteiger partial charge in [-0.25, -0.2) is 4.99 Å². The summed E-state index contributed by atoms with van der Waals surface area (Å²) < 4.78 is 1.73. The van der Waals surface area contributed by atoms with Gasteiger partial charge in [0, 0.05) is 12.4 Å². The van der Waals surface area contributed by atoms with E-state index in [4.69, 9.17) is 0 Å². The molecule has 2 heterocycles. The summed E-state index contributed by atoms with van der Waals surface area (Å²) in [6.07, 6.45) is 3.50. The van der Waals surface area contributed by atoms with Gasteiger partial charge in [-0.1, -0.05) is 0 Å². The fraction of sp³-hybridized carbons (Fsp3) is 0.333. The molecular weight excluding hydrogens is 210 g/mol. The van der Waals surface area contributed by atoms with Crippen molar-refractivity contribution in [3.8, 4) is 0 Å². The van der Waals surface area contributed by atoms with Gasteiger partial charge in [-0.15, -0.1) is 0 Å². The van der Waals surface area contributed by atoms with Gasteiger partial charge in [0.25, 0.3) is 0 Å². The van der Waals surface area contributed by atoms with Crippen LogP contribution in [0.2, 0.25) is 0 Å². The molecule has 1 fully saturated rings. The van der Waals surface area contributed by atoms with Gasteiger partial charge in [0.15, 0.2) is 0 Å². The predicted molar refractivity (Wildman–Crippen MR) is 55.4 cm³/mol. The lowest BCUT2D eigenvalue weighted by atomic mass is 10.3. The number of carbonyl (C=O) groups is 2. The standard InChI is InChI=1S/C9H11N5O2/c1-6(5-14-4-2-3-10-14)11-9-12-7(15)8(16)13-9/h2-4,6H,5H2,1H3,(H2,11,12,13,15,16). The Kier molecular flexibility index (Phi) is 2.67. The molecular formula is C9H11N5O2. The van der Waals surface area contributed by atoms with E-state index in [1.807, 2.05) is 19.2 Å². The Morgan fingerprint density at radius 1 is 1.44 bits per heavy atom. The van der Waals surface area contributed by atoms with Gasteiger partial charge in [0.2, 0.25) is 5.96 Å². The van der Waals surface area contributed by atoms with Crippen molar-refractivity contribution in [2.24, 2.45) is 4.99 Å². The Bertz CT molecular complexity index is 419. The SMILES string of the molecule is CC(Cn1cccn1)N=C1NC(=O)C(=O)N1. The highest BCUT2D eigenvalue weighted by atomic mass is 16.2. The van der Waals surface area contributed by atoms with E-state index in [0.717, 1.165) is 0 Å². The maximum absolute atomic E-state index is 10.9. The number of guanidine groups is 1. The summed E-state index contributed by atoms with van der Waals surface area (Å²) in [5.74, 6) is -1.15. The Hall–Kier alpha value is -2.18. The van der Waals surface area contributed by atoms with E-state index in [9.17, 15) is 9.59 Å². The van der Waals surface area contributed by atoms with Gasteiger partial charge in [0.05, 0.1) is 12.6 Å². The van der Waals surface area contributed by atoms with Crippen LogP contribution in [0.4, 0.5) is 0 Å². The smallest absolute Gasteiger partial charge is 0.288 e. The first-order valence-corrected chi connectivity index (χ1v) is 4.82. The normalized spacial score (nSPS) is 16.9. The van der Waals surface area contributed by atoms with Crippen LogP contribution in [0.5, 0.6) is 0 Å². The van der Waals surface area contributed by atoms with Crippen molar-refractivity contribution in [1.29, 1.82) is 0 Å². The summed E-state index contributed by atoms with van der Waals surface area (Å²) in [6, 6.07) is 1.73. The first-order chi connectivity index (χ1) is 7.65. The maximum Gasteiger partial charge on any atom is 0.316 e. The van der Waals surface area contributed by atoms with Crippen molar-refractivity contribution in [3.05, 3.63) is 18.5 Å². The number of aromatic nitrogens is 2. The lowest BCUT2D eigenvalue weighted by Crippen LogP contribution is -2.28. The van der Waals surface area contributed by atoms with E-state index < -0.39 is 11.8 Å². The Morgan fingerprint density at radius 2 is 2.12 bits per heavy atom. The lowest BCUT2D eigenvalue weighted by Gasteiger charge is -2.07. The molecule has 84 valence electrons. The Morgan fingerprint density at radius 3 is 2.69 bits per heavy atom. The first-order valence-electron chi connectivity index (χ1n) is 4.82. The summed E-state index contributed by atoms with van der Waals surface area (Å²) in [4.78, 5) is 25.9. The number of aliphatic imine (C=N–C) groups is 1. The molecule has 0 aliphatic carbocycles. The summed E-state index contributed by atoms with van der Waals surface area (Å²) >= 11 is 0. The van der Waals surface area contributed by atoms with Crippen LogP contribution in [0.15, 0.2) is 23.5 Å². The van der Waals surface area contributed by atoms with E-state index in [-0.39, 0.29) is 12.0 Å². The number of hydrogen-bond donors (Lipinski definition) is 2. The number of rotatable bonds is 3. The molecule has 16 heavy (non-hydrogen) atoms. The molecule has 7 nitrogen and oxygen atoms in total. The third kappa shape index (κ3) is 2.25. The third-order valence-corrected chi connectivity index (χ3v) is 2.03. The second kappa shape index (κ2) is 4.13. The van der Waals surface area contributed by atoms with Crippen molar-refractivity contribution in [3.63, 3.8) is 0 Å². The largest absolute Gasteiger partial charge is 0.316 e. The Balaban J connectivity index is 1.97. The molecule has 0 radical (unpaired) electrons. The van der Waals surface area contributed by atoms with Gasteiger partial charge in [-0.2, -0.15) is 5.10 Å². The third-order valence-electron chi connectivity index (χ3n) is 2.03.